The molecule has 1 atom stereocenters. The topological polar surface area (TPSA) is 47.6 Å². The lowest BCUT2D eigenvalue weighted by molar-refractivity contribution is -0.123. The number of carbonyl (C=O) groups is 1. The highest BCUT2D eigenvalue weighted by atomic mass is 16.5. The van der Waals surface area contributed by atoms with Gasteiger partial charge in [0.25, 0.3) is 0 Å². The molecule has 3 rings (SSSR count). The molecule has 0 radical (unpaired) electrons. The first-order chi connectivity index (χ1) is 9.48. The predicted molar refractivity (Wildman–Crippen MR) is 75.9 cm³/mol. The third-order valence-corrected chi connectivity index (χ3v) is 3.94. The van der Waals surface area contributed by atoms with Crippen LogP contribution in [0.1, 0.15) is 44.7 Å². The third-order valence-electron chi connectivity index (χ3n) is 3.94. The van der Waals surface area contributed by atoms with E-state index >= 15 is 0 Å². The number of amides is 1. The van der Waals surface area contributed by atoms with Crippen LogP contribution in [0.25, 0.3) is 0 Å². The largest absolute Gasteiger partial charge is 0.497 e. The first-order valence-electron chi connectivity index (χ1n) is 7.16. The molecule has 0 bridgehead atoms. The van der Waals surface area contributed by atoms with Crippen LogP contribution in [0.3, 0.4) is 0 Å². The number of hydrogen-bond donors (Lipinski definition) is 1. The van der Waals surface area contributed by atoms with Crippen LogP contribution in [0.15, 0.2) is 18.2 Å². The van der Waals surface area contributed by atoms with E-state index in [1.165, 1.54) is 0 Å². The first kappa shape index (κ1) is 13.3. The lowest BCUT2D eigenvalue weighted by atomic mass is 9.89. The first-order valence-corrected chi connectivity index (χ1v) is 7.16. The van der Waals surface area contributed by atoms with Crippen molar-refractivity contribution in [1.29, 1.82) is 0 Å². The van der Waals surface area contributed by atoms with Crippen molar-refractivity contribution >= 4 is 5.91 Å². The molecule has 1 amide bonds. The van der Waals surface area contributed by atoms with Gasteiger partial charge in [-0.05, 0) is 38.8 Å². The molecule has 4 heteroatoms. The Bertz CT molecular complexity index is 535. The molecule has 0 saturated heterocycles. The highest BCUT2D eigenvalue weighted by molar-refractivity contribution is 5.81. The van der Waals surface area contributed by atoms with Crippen molar-refractivity contribution in [1.82, 2.24) is 5.32 Å². The summed E-state index contributed by atoms with van der Waals surface area (Å²) in [7, 11) is 1.64. The maximum Gasteiger partial charge on any atom is 0.223 e. The maximum absolute atomic E-state index is 12.0. The van der Waals surface area contributed by atoms with Crippen molar-refractivity contribution < 1.29 is 14.3 Å². The van der Waals surface area contributed by atoms with Crippen molar-refractivity contribution in [2.75, 3.05) is 7.11 Å². The Balaban J connectivity index is 1.88. The zero-order valence-corrected chi connectivity index (χ0v) is 12.2. The molecule has 1 heterocycles. The van der Waals surface area contributed by atoms with Crippen molar-refractivity contribution in [3.05, 3.63) is 23.8 Å². The number of carbonyl (C=O) groups excluding carboxylic acids is 1. The Morgan fingerprint density at radius 1 is 1.40 bits per heavy atom. The standard InChI is InChI=1S/C16H21NO3/c1-16(2)9-13(17-15(18)10-4-5-10)12-7-6-11(19-3)8-14(12)20-16/h6-8,10,13H,4-5,9H2,1-3H3,(H,17,18). The fourth-order valence-electron chi connectivity index (χ4n) is 2.72. The maximum atomic E-state index is 12.0. The average Bonchev–Trinajstić information content (AvgIpc) is 3.20. The van der Waals surface area contributed by atoms with Crippen molar-refractivity contribution in [3.63, 3.8) is 0 Å². The fourth-order valence-corrected chi connectivity index (χ4v) is 2.72. The molecule has 1 unspecified atom stereocenters. The molecule has 1 aromatic rings. The molecular formula is C16H21NO3. The number of fused-ring (bicyclic) bond motifs is 1. The molecular weight excluding hydrogens is 254 g/mol. The fraction of sp³-hybridized carbons (Fsp3) is 0.562. The van der Waals surface area contributed by atoms with E-state index in [1.807, 2.05) is 32.0 Å². The van der Waals surface area contributed by atoms with Gasteiger partial charge < -0.3 is 14.8 Å². The molecule has 1 saturated carbocycles. The second-order valence-corrected chi connectivity index (χ2v) is 6.31. The van der Waals surface area contributed by atoms with Gasteiger partial charge in [-0.15, -0.1) is 0 Å². The summed E-state index contributed by atoms with van der Waals surface area (Å²) in [6.07, 6.45) is 2.83. The normalized spacial score (nSPS) is 23.4. The molecule has 2 aliphatic rings. The molecule has 0 aromatic heterocycles. The zero-order chi connectivity index (χ0) is 14.3. The quantitative estimate of drug-likeness (QED) is 0.922. The summed E-state index contributed by atoms with van der Waals surface area (Å²) in [5.74, 6) is 1.98. The SMILES string of the molecule is COc1ccc2c(c1)OC(C)(C)CC2NC(=O)C1CC1. The predicted octanol–water partition coefficient (Wildman–Crippen LogP) is 2.82. The number of benzene rings is 1. The summed E-state index contributed by atoms with van der Waals surface area (Å²) >= 11 is 0. The summed E-state index contributed by atoms with van der Waals surface area (Å²) in [5.41, 5.74) is 0.750. The molecule has 4 nitrogen and oxygen atoms in total. The van der Waals surface area contributed by atoms with Crippen LogP contribution in [-0.4, -0.2) is 18.6 Å². The van der Waals surface area contributed by atoms with Gasteiger partial charge in [0.1, 0.15) is 17.1 Å². The molecule has 108 valence electrons. The Kier molecular flexibility index (Phi) is 3.11. The van der Waals surface area contributed by atoms with Gasteiger partial charge in [0, 0.05) is 24.0 Å². The van der Waals surface area contributed by atoms with Crippen molar-refractivity contribution in [3.8, 4) is 11.5 Å². The molecule has 1 fully saturated rings. The van der Waals surface area contributed by atoms with Crippen LogP contribution in [-0.2, 0) is 4.79 Å². The third kappa shape index (κ3) is 2.60. The number of ether oxygens (including phenoxy) is 2. The highest BCUT2D eigenvalue weighted by Crippen LogP contribution is 2.42. The van der Waals surface area contributed by atoms with Gasteiger partial charge in [-0.3, -0.25) is 4.79 Å². The van der Waals surface area contributed by atoms with E-state index in [9.17, 15) is 4.79 Å². The van der Waals surface area contributed by atoms with Crippen LogP contribution in [0.4, 0.5) is 0 Å². The van der Waals surface area contributed by atoms with E-state index in [0.29, 0.717) is 0 Å². The van der Waals surface area contributed by atoms with E-state index in [2.05, 4.69) is 5.32 Å². The summed E-state index contributed by atoms with van der Waals surface area (Å²) in [6, 6.07) is 5.82. The lowest BCUT2D eigenvalue weighted by Crippen LogP contribution is -2.41. The van der Waals surface area contributed by atoms with Gasteiger partial charge in [-0.25, -0.2) is 0 Å². The molecule has 1 N–H and O–H groups in total. The molecule has 1 aliphatic heterocycles. The summed E-state index contributed by atoms with van der Waals surface area (Å²) in [6.45, 7) is 4.09. The van der Waals surface area contributed by atoms with E-state index in [0.717, 1.165) is 36.3 Å². The number of rotatable bonds is 3. The second kappa shape index (κ2) is 4.69. The number of hydrogen-bond acceptors (Lipinski definition) is 3. The van der Waals surface area contributed by atoms with Crippen molar-refractivity contribution in [2.45, 2.75) is 44.8 Å². The smallest absolute Gasteiger partial charge is 0.223 e. The number of methoxy groups -OCH3 is 1. The highest BCUT2D eigenvalue weighted by Gasteiger charge is 2.37. The molecule has 0 spiro atoms. The molecule has 1 aliphatic carbocycles. The van der Waals surface area contributed by atoms with E-state index in [1.54, 1.807) is 7.11 Å². The summed E-state index contributed by atoms with van der Waals surface area (Å²) in [4.78, 5) is 12.0. The van der Waals surface area contributed by atoms with Crippen LogP contribution in [0, 0.1) is 5.92 Å². The summed E-state index contributed by atoms with van der Waals surface area (Å²) < 4.78 is 11.3. The Hall–Kier alpha value is -1.71. The Morgan fingerprint density at radius 3 is 2.80 bits per heavy atom. The van der Waals surface area contributed by atoms with Crippen LogP contribution < -0.4 is 14.8 Å². The van der Waals surface area contributed by atoms with Crippen molar-refractivity contribution in [2.24, 2.45) is 5.92 Å². The average molecular weight is 275 g/mol. The van der Waals surface area contributed by atoms with Crippen LogP contribution in [0.5, 0.6) is 11.5 Å². The van der Waals surface area contributed by atoms with Gasteiger partial charge in [0.2, 0.25) is 5.91 Å². The van der Waals surface area contributed by atoms with Crippen LogP contribution >= 0.6 is 0 Å². The molecule has 20 heavy (non-hydrogen) atoms. The summed E-state index contributed by atoms with van der Waals surface area (Å²) in [5, 5.41) is 3.17. The minimum absolute atomic E-state index is 0.0211. The van der Waals surface area contributed by atoms with Crippen LogP contribution in [0.2, 0.25) is 0 Å². The molecule has 1 aromatic carbocycles. The van der Waals surface area contributed by atoms with Gasteiger partial charge in [-0.2, -0.15) is 0 Å². The van der Waals surface area contributed by atoms with Gasteiger partial charge in [0.05, 0.1) is 13.2 Å². The van der Waals surface area contributed by atoms with E-state index in [4.69, 9.17) is 9.47 Å². The monoisotopic (exact) mass is 275 g/mol. The van der Waals surface area contributed by atoms with E-state index in [-0.39, 0.29) is 23.5 Å². The van der Waals surface area contributed by atoms with Gasteiger partial charge >= 0.3 is 0 Å². The Morgan fingerprint density at radius 2 is 2.15 bits per heavy atom. The Labute approximate surface area is 119 Å². The van der Waals surface area contributed by atoms with Gasteiger partial charge in [-0.1, -0.05) is 0 Å². The van der Waals surface area contributed by atoms with E-state index < -0.39 is 0 Å². The zero-order valence-electron chi connectivity index (χ0n) is 12.2. The number of nitrogens with one attached hydrogen (secondary N) is 1. The minimum Gasteiger partial charge on any atom is -0.497 e. The lowest BCUT2D eigenvalue weighted by Gasteiger charge is -2.38. The minimum atomic E-state index is -0.291. The van der Waals surface area contributed by atoms with Gasteiger partial charge in [0.15, 0.2) is 0 Å². The second-order valence-electron chi connectivity index (χ2n) is 6.31.